The second-order valence-electron chi connectivity index (χ2n) is 6.42. The first kappa shape index (κ1) is 14.9. The first-order valence-corrected chi connectivity index (χ1v) is 8.48. The van der Waals surface area contributed by atoms with Crippen LogP contribution in [0.5, 0.6) is 0 Å². The molecule has 1 saturated heterocycles. The molecule has 2 rings (SSSR count). The average Bonchev–Trinajstić information content (AvgIpc) is 2.78. The van der Waals surface area contributed by atoms with Gasteiger partial charge in [-0.2, -0.15) is 11.8 Å². The molecule has 2 heteroatoms. The Morgan fingerprint density at radius 2 is 1.89 bits per heavy atom. The summed E-state index contributed by atoms with van der Waals surface area (Å²) in [5.74, 6) is 2.07. The smallest absolute Gasteiger partial charge is 0.0256 e. The lowest BCUT2D eigenvalue weighted by Crippen LogP contribution is -2.32. The predicted octanol–water partition coefficient (Wildman–Crippen LogP) is 4.26. The van der Waals surface area contributed by atoms with Crippen LogP contribution in [0.3, 0.4) is 0 Å². The average molecular weight is 277 g/mol. The molecule has 1 fully saturated rings. The van der Waals surface area contributed by atoms with Crippen molar-refractivity contribution in [1.29, 1.82) is 0 Å². The van der Waals surface area contributed by atoms with E-state index in [9.17, 15) is 0 Å². The maximum atomic E-state index is 3.62. The van der Waals surface area contributed by atoms with E-state index in [0.717, 1.165) is 19.0 Å². The fraction of sp³-hybridized carbons (Fsp3) is 0.647. The topological polar surface area (TPSA) is 12.0 Å². The number of thioether (sulfide) groups is 1. The fourth-order valence-electron chi connectivity index (χ4n) is 2.71. The fourth-order valence-corrected chi connectivity index (χ4v) is 3.99. The Morgan fingerprint density at radius 3 is 2.47 bits per heavy atom. The Morgan fingerprint density at radius 1 is 1.21 bits per heavy atom. The highest BCUT2D eigenvalue weighted by Crippen LogP contribution is 2.36. The van der Waals surface area contributed by atoms with Crippen molar-refractivity contribution in [2.75, 3.05) is 12.3 Å². The van der Waals surface area contributed by atoms with Gasteiger partial charge in [0.1, 0.15) is 0 Å². The van der Waals surface area contributed by atoms with E-state index in [1.165, 1.54) is 36.1 Å². The van der Waals surface area contributed by atoms with Crippen LogP contribution in [0.1, 0.15) is 44.7 Å². The molecule has 1 nitrogen and oxygen atoms in total. The second kappa shape index (κ2) is 6.81. The molecule has 0 aliphatic carbocycles. The number of nitrogens with one attached hydrogen (secondary N) is 1. The number of hydrogen-bond donors (Lipinski definition) is 1. The lowest BCUT2D eigenvalue weighted by molar-refractivity contribution is 0.537. The van der Waals surface area contributed by atoms with Gasteiger partial charge in [0, 0.05) is 17.8 Å². The number of rotatable bonds is 6. The van der Waals surface area contributed by atoms with E-state index in [1.807, 2.05) is 0 Å². The molecule has 1 aromatic carbocycles. The van der Waals surface area contributed by atoms with Crippen LogP contribution >= 0.6 is 11.8 Å². The highest BCUT2D eigenvalue weighted by atomic mass is 32.2. The Kier molecular flexibility index (Phi) is 5.35. The normalized spacial score (nSPS) is 23.2. The van der Waals surface area contributed by atoms with Crippen molar-refractivity contribution in [3.05, 3.63) is 35.4 Å². The van der Waals surface area contributed by atoms with E-state index in [1.54, 1.807) is 0 Å². The maximum Gasteiger partial charge on any atom is 0.0256 e. The summed E-state index contributed by atoms with van der Waals surface area (Å²) in [5, 5.41) is 3.62. The molecule has 0 aromatic heterocycles. The minimum absolute atomic E-state index is 0.470. The summed E-state index contributed by atoms with van der Waals surface area (Å²) in [6.07, 6.45) is 3.92. The molecule has 0 saturated carbocycles. The molecule has 1 aliphatic heterocycles. The summed E-state index contributed by atoms with van der Waals surface area (Å²) < 4.78 is 0.470. The van der Waals surface area contributed by atoms with Crippen LogP contribution in [0.2, 0.25) is 0 Å². The Bertz CT molecular complexity index is 377. The SMILES string of the molecule is CC(C)Cc1ccc(CNCC2(C)CCCS2)cc1. The van der Waals surface area contributed by atoms with Crippen molar-refractivity contribution in [2.24, 2.45) is 5.92 Å². The van der Waals surface area contributed by atoms with Gasteiger partial charge in [0.2, 0.25) is 0 Å². The van der Waals surface area contributed by atoms with Gasteiger partial charge in [0.05, 0.1) is 0 Å². The molecule has 0 bridgehead atoms. The van der Waals surface area contributed by atoms with E-state index >= 15 is 0 Å². The van der Waals surface area contributed by atoms with Gasteiger partial charge in [-0.3, -0.25) is 0 Å². The monoisotopic (exact) mass is 277 g/mol. The summed E-state index contributed by atoms with van der Waals surface area (Å²) >= 11 is 2.13. The quantitative estimate of drug-likeness (QED) is 0.834. The zero-order valence-electron chi connectivity index (χ0n) is 12.5. The lowest BCUT2D eigenvalue weighted by Gasteiger charge is -2.23. The first-order chi connectivity index (χ1) is 9.07. The zero-order chi connectivity index (χ0) is 13.7. The van der Waals surface area contributed by atoms with Crippen LogP contribution in [0.15, 0.2) is 24.3 Å². The van der Waals surface area contributed by atoms with Crippen molar-refractivity contribution in [2.45, 2.75) is 51.3 Å². The molecule has 1 aromatic rings. The van der Waals surface area contributed by atoms with Crippen LogP contribution in [0, 0.1) is 5.92 Å². The van der Waals surface area contributed by atoms with Gasteiger partial charge in [0.25, 0.3) is 0 Å². The molecule has 19 heavy (non-hydrogen) atoms. The van der Waals surface area contributed by atoms with Crippen molar-refractivity contribution >= 4 is 11.8 Å². The molecule has 0 amide bonds. The second-order valence-corrected chi connectivity index (χ2v) is 8.10. The van der Waals surface area contributed by atoms with Crippen molar-refractivity contribution in [3.8, 4) is 0 Å². The van der Waals surface area contributed by atoms with E-state index in [-0.39, 0.29) is 0 Å². The minimum atomic E-state index is 0.470. The third-order valence-electron chi connectivity index (χ3n) is 3.80. The third-order valence-corrected chi connectivity index (χ3v) is 5.33. The lowest BCUT2D eigenvalue weighted by atomic mass is 10.0. The highest BCUT2D eigenvalue weighted by molar-refractivity contribution is 8.00. The zero-order valence-corrected chi connectivity index (χ0v) is 13.4. The summed E-state index contributed by atoms with van der Waals surface area (Å²) in [5.41, 5.74) is 2.86. The summed E-state index contributed by atoms with van der Waals surface area (Å²) in [6.45, 7) is 9.07. The van der Waals surface area contributed by atoms with Gasteiger partial charge in [-0.05, 0) is 49.0 Å². The maximum absolute atomic E-state index is 3.62. The number of benzene rings is 1. The van der Waals surface area contributed by atoms with Crippen LogP contribution in [0.25, 0.3) is 0 Å². The van der Waals surface area contributed by atoms with Gasteiger partial charge in [-0.25, -0.2) is 0 Å². The van der Waals surface area contributed by atoms with Gasteiger partial charge < -0.3 is 5.32 Å². The predicted molar refractivity (Wildman–Crippen MR) is 86.8 cm³/mol. The first-order valence-electron chi connectivity index (χ1n) is 7.50. The molecule has 1 unspecified atom stereocenters. The Balaban J connectivity index is 1.76. The minimum Gasteiger partial charge on any atom is -0.311 e. The molecule has 0 radical (unpaired) electrons. The van der Waals surface area contributed by atoms with Crippen LogP contribution in [0.4, 0.5) is 0 Å². The molecular weight excluding hydrogens is 250 g/mol. The molecule has 1 atom stereocenters. The largest absolute Gasteiger partial charge is 0.311 e. The van der Waals surface area contributed by atoms with Gasteiger partial charge >= 0.3 is 0 Å². The molecule has 106 valence electrons. The summed E-state index contributed by atoms with van der Waals surface area (Å²) in [7, 11) is 0. The Labute approximate surface area is 122 Å². The van der Waals surface area contributed by atoms with Crippen LogP contribution in [-0.2, 0) is 13.0 Å². The summed E-state index contributed by atoms with van der Waals surface area (Å²) in [4.78, 5) is 0. The van der Waals surface area contributed by atoms with Crippen LogP contribution < -0.4 is 5.32 Å². The van der Waals surface area contributed by atoms with E-state index in [2.05, 4.69) is 62.1 Å². The van der Waals surface area contributed by atoms with E-state index in [4.69, 9.17) is 0 Å². The molecule has 0 spiro atoms. The molecule has 1 N–H and O–H groups in total. The van der Waals surface area contributed by atoms with E-state index < -0.39 is 0 Å². The van der Waals surface area contributed by atoms with Crippen molar-refractivity contribution < 1.29 is 0 Å². The van der Waals surface area contributed by atoms with Crippen molar-refractivity contribution in [1.82, 2.24) is 5.32 Å². The van der Waals surface area contributed by atoms with Crippen molar-refractivity contribution in [3.63, 3.8) is 0 Å². The highest BCUT2D eigenvalue weighted by Gasteiger charge is 2.28. The van der Waals surface area contributed by atoms with E-state index in [0.29, 0.717) is 4.75 Å². The van der Waals surface area contributed by atoms with Crippen LogP contribution in [-0.4, -0.2) is 17.0 Å². The number of hydrogen-bond acceptors (Lipinski definition) is 2. The van der Waals surface area contributed by atoms with Gasteiger partial charge in [0.15, 0.2) is 0 Å². The van der Waals surface area contributed by atoms with Gasteiger partial charge in [-0.15, -0.1) is 0 Å². The molecular formula is C17H27NS. The summed E-state index contributed by atoms with van der Waals surface area (Å²) in [6, 6.07) is 9.11. The molecule has 1 aliphatic rings. The standard InChI is InChI=1S/C17H27NS/c1-14(2)11-15-5-7-16(8-6-15)12-18-13-17(3)9-4-10-19-17/h5-8,14,18H,4,9-13H2,1-3H3. The third kappa shape index (κ3) is 4.85. The molecule has 1 heterocycles. The Hall–Kier alpha value is -0.470. The van der Waals surface area contributed by atoms with Gasteiger partial charge in [-0.1, -0.05) is 38.1 Å².